The van der Waals surface area contributed by atoms with Crippen LogP contribution in [-0.2, 0) is 11.3 Å². The largest absolute Gasteiger partial charge is 0.341 e. The van der Waals surface area contributed by atoms with Crippen LogP contribution in [0.4, 0.5) is 0 Å². The number of nitrogens with zero attached hydrogens (tertiary/aromatic N) is 2. The van der Waals surface area contributed by atoms with Crippen molar-refractivity contribution in [1.82, 2.24) is 15.1 Å². The Kier molecular flexibility index (Phi) is 7.53. The molecule has 0 radical (unpaired) electrons. The highest BCUT2D eigenvalue weighted by atomic mass is 35.5. The van der Waals surface area contributed by atoms with Crippen LogP contribution >= 0.6 is 12.4 Å². The van der Waals surface area contributed by atoms with Gasteiger partial charge in [-0.2, -0.15) is 0 Å². The minimum absolute atomic E-state index is 0. The van der Waals surface area contributed by atoms with Gasteiger partial charge in [-0.3, -0.25) is 9.69 Å². The molecule has 134 valence electrons. The Morgan fingerprint density at radius 2 is 2.08 bits per heavy atom. The van der Waals surface area contributed by atoms with E-state index in [1.54, 1.807) is 0 Å². The van der Waals surface area contributed by atoms with Crippen LogP contribution in [0.15, 0.2) is 30.3 Å². The SMILES string of the molecule is CN(C(=O)CCC1CCCN1)C1CCN(Cc2ccccc2)C1.Cl. The Bertz CT molecular complexity index is 505. The number of halogens is 1. The van der Waals surface area contributed by atoms with Crippen molar-refractivity contribution < 1.29 is 4.79 Å². The first-order valence-electron chi connectivity index (χ1n) is 8.97. The van der Waals surface area contributed by atoms with E-state index in [1.165, 1.54) is 18.4 Å². The number of hydrogen-bond acceptors (Lipinski definition) is 3. The maximum atomic E-state index is 12.4. The van der Waals surface area contributed by atoms with Gasteiger partial charge in [0.15, 0.2) is 0 Å². The van der Waals surface area contributed by atoms with E-state index in [4.69, 9.17) is 0 Å². The number of rotatable bonds is 6. The molecule has 2 atom stereocenters. The molecule has 1 aromatic rings. The van der Waals surface area contributed by atoms with Crippen molar-refractivity contribution in [3.05, 3.63) is 35.9 Å². The van der Waals surface area contributed by atoms with Crippen molar-refractivity contribution >= 4 is 18.3 Å². The molecule has 0 saturated carbocycles. The van der Waals surface area contributed by atoms with Crippen LogP contribution in [-0.4, -0.2) is 54.5 Å². The number of nitrogens with one attached hydrogen (secondary N) is 1. The number of hydrogen-bond donors (Lipinski definition) is 1. The zero-order valence-corrected chi connectivity index (χ0v) is 15.4. The van der Waals surface area contributed by atoms with Gasteiger partial charge >= 0.3 is 0 Å². The third kappa shape index (κ3) is 5.20. The van der Waals surface area contributed by atoms with E-state index in [9.17, 15) is 4.79 Å². The molecule has 1 amide bonds. The Morgan fingerprint density at radius 3 is 2.79 bits per heavy atom. The number of benzene rings is 1. The predicted octanol–water partition coefficient (Wildman–Crippen LogP) is 2.67. The van der Waals surface area contributed by atoms with Crippen LogP contribution in [0.3, 0.4) is 0 Å². The Labute approximate surface area is 152 Å². The summed E-state index contributed by atoms with van der Waals surface area (Å²) in [5.41, 5.74) is 1.36. The Morgan fingerprint density at radius 1 is 1.29 bits per heavy atom. The molecular weight excluding hydrogens is 322 g/mol. The van der Waals surface area contributed by atoms with E-state index >= 15 is 0 Å². The normalized spacial score (nSPS) is 23.9. The fourth-order valence-electron chi connectivity index (χ4n) is 3.79. The lowest BCUT2D eigenvalue weighted by molar-refractivity contribution is -0.132. The summed E-state index contributed by atoms with van der Waals surface area (Å²) in [6.45, 7) is 4.19. The van der Waals surface area contributed by atoms with Crippen LogP contribution < -0.4 is 5.32 Å². The van der Waals surface area contributed by atoms with Crippen molar-refractivity contribution in [2.75, 3.05) is 26.7 Å². The van der Waals surface area contributed by atoms with Gasteiger partial charge in [-0.25, -0.2) is 0 Å². The summed E-state index contributed by atoms with van der Waals surface area (Å²) in [6.07, 6.45) is 5.25. The van der Waals surface area contributed by atoms with E-state index in [0.29, 0.717) is 24.4 Å². The van der Waals surface area contributed by atoms with E-state index < -0.39 is 0 Å². The Hall–Kier alpha value is -1.10. The van der Waals surface area contributed by atoms with Crippen LogP contribution in [0.25, 0.3) is 0 Å². The van der Waals surface area contributed by atoms with Crippen LogP contribution in [0.1, 0.15) is 37.7 Å². The van der Waals surface area contributed by atoms with Gasteiger partial charge in [0.2, 0.25) is 5.91 Å². The molecule has 2 fully saturated rings. The molecule has 0 aromatic heterocycles. The molecule has 0 spiro atoms. The highest BCUT2D eigenvalue weighted by Crippen LogP contribution is 2.19. The van der Waals surface area contributed by atoms with E-state index in [0.717, 1.165) is 39.0 Å². The Balaban J connectivity index is 0.00000208. The van der Waals surface area contributed by atoms with Crippen LogP contribution in [0.2, 0.25) is 0 Å². The van der Waals surface area contributed by atoms with Gasteiger partial charge in [0.05, 0.1) is 0 Å². The van der Waals surface area contributed by atoms with Crippen molar-refractivity contribution in [2.45, 2.75) is 50.7 Å². The summed E-state index contributed by atoms with van der Waals surface area (Å²) >= 11 is 0. The smallest absolute Gasteiger partial charge is 0.222 e. The maximum Gasteiger partial charge on any atom is 0.222 e. The van der Waals surface area contributed by atoms with E-state index in [2.05, 4.69) is 40.5 Å². The van der Waals surface area contributed by atoms with Crippen molar-refractivity contribution in [1.29, 1.82) is 0 Å². The predicted molar refractivity (Wildman–Crippen MR) is 100 cm³/mol. The second kappa shape index (κ2) is 9.40. The molecule has 2 unspecified atom stereocenters. The second-order valence-corrected chi connectivity index (χ2v) is 7.00. The average Bonchev–Trinajstić information content (AvgIpc) is 3.24. The van der Waals surface area contributed by atoms with Crippen LogP contribution in [0.5, 0.6) is 0 Å². The van der Waals surface area contributed by atoms with Gasteiger partial charge in [0.1, 0.15) is 0 Å². The summed E-state index contributed by atoms with van der Waals surface area (Å²) in [5.74, 6) is 0.310. The van der Waals surface area contributed by atoms with Gasteiger partial charge in [-0.1, -0.05) is 30.3 Å². The highest BCUT2D eigenvalue weighted by Gasteiger charge is 2.28. The molecule has 4 nitrogen and oxygen atoms in total. The summed E-state index contributed by atoms with van der Waals surface area (Å²) in [5, 5.41) is 3.48. The standard InChI is InChI=1S/C19H29N3O.ClH/c1-21(19(23)10-9-17-8-5-12-20-17)18-11-13-22(15-18)14-16-6-3-2-4-7-16;/h2-4,6-7,17-18,20H,5,8-15H2,1H3;1H. The molecule has 2 heterocycles. The number of carbonyl (C=O) groups is 1. The maximum absolute atomic E-state index is 12.4. The number of amides is 1. The molecule has 2 saturated heterocycles. The fraction of sp³-hybridized carbons (Fsp3) is 0.632. The average molecular weight is 352 g/mol. The lowest BCUT2D eigenvalue weighted by Gasteiger charge is -2.25. The zero-order valence-electron chi connectivity index (χ0n) is 14.6. The first-order valence-corrected chi connectivity index (χ1v) is 8.97. The molecule has 5 heteroatoms. The lowest BCUT2D eigenvalue weighted by atomic mass is 10.1. The molecule has 0 aliphatic carbocycles. The van der Waals surface area contributed by atoms with Crippen molar-refractivity contribution in [3.63, 3.8) is 0 Å². The van der Waals surface area contributed by atoms with Gasteiger partial charge in [0.25, 0.3) is 0 Å². The first-order chi connectivity index (χ1) is 11.2. The molecule has 1 N–H and O–H groups in total. The van der Waals surface area contributed by atoms with E-state index in [-0.39, 0.29) is 12.4 Å². The third-order valence-corrected chi connectivity index (χ3v) is 5.31. The molecule has 2 aliphatic rings. The van der Waals surface area contributed by atoms with Crippen LogP contribution in [0, 0.1) is 0 Å². The van der Waals surface area contributed by atoms with Gasteiger partial charge in [0, 0.05) is 45.2 Å². The molecular formula is C19H30ClN3O. The van der Waals surface area contributed by atoms with Gasteiger partial charge in [-0.15, -0.1) is 12.4 Å². The lowest BCUT2D eigenvalue weighted by Crippen LogP contribution is -2.39. The van der Waals surface area contributed by atoms with Crippen molar-refractivity contribution in [3.8, 4) is 0 Å². The minimum atomic E-state index is 0. The molecule has 0 bridgehead atoms. The van der Waals surface area contributed by atoms with Gasteiger partial charge < -0.3 is 10.2 Å². The molecule has 3 rings (SSSR count). The minimum Gasteiger partial charge on any atom is -0.341 e. The number of carbonyl (C=O) groups excluding carboxylic acids is 1. The quantitative estimate of drug-likeness (QED) is 0.855. The molecule has 2 aliphatic heterocycles. The zero-order chi connectivity index (χ0) is 16.1. The monoisotopic (exact) mass is 351 g/mol. The summed E-state index contributed by atoms with van der Waals surface area (Å²) in [6, 6.07) is 11.5. The van der Waals surface area contributed by atoms with E-state index in [1.807, 2.05) is 11.9 Å². The van der Waals surface area contributed by atoms with Crippen molar-refractivity contribution in [2.24, 2.45) is 0 Å². The van der Waals surface area contributed by atoms with Gasteiger partial charge in [-0.05, 0) is 37.8 Å². The second-order valence-electron chi connectivity index (χ2n) is 7.00. The third-order valence-electron chi connectivity index (χ3n) is 5.31. The summed E-state index contributed by atoms with van der Waals surface area (Å²) in [4.78, 5) is 16.9. The number of likely N-dealkylation sites (N-methyl/N-ethyl adjacent to an activating group) is 1. The highest BCUT2D eigenvalue weighted by molar-refractivity contribution is 5.85. The first kappa shape index (κ1) is 19.2. The number of likely N-dealkylation sites (tertiary alicyclic amines) is 1. The topological polar surface area (TPSA) is 35.6 Å². The fourth-order valence-corrected chi connectivity index (χ4v) is 3.79. The molecule has 1 aromatic carbocycles. The summed E-state index contributed by atoms with van der Waals surface area (Å²) in [7, 11) is 1.99. The molecule has 24 heavy (non-hydrogen) atoms. The summed E-state index contributed by atoms with van der Waals surface area (Å²) < 4.78 is 0.